The fraction of sp³-hybridized carbons (Fsp3) is 0.500. The van der Waals surface area contributed by atoms with E-state index in [1.54, 1.807) is 12.1 Å². The summed E-state index contributed by atoms with van der Waals surface area (Å²) >= 11 is 0. The van der Waals surface area contributed by atoms with Crippen LogP contribution < -0.4 is 0 Å². The van der Waals surface area contributed by atoms with E-state index < -0.39 is 0 Å². The summed E-state index contributed by atoms with van der Waals surface area (Å²) in [4.78, 5) is 14.1. The zero-order valence-electron chi connectivity index (χ0n) is 10.3. The van der Waals surface area contributed by atoms with Crippen LogP contribution in [-0.2, 0) is 22.5 Å². The van der Waals surface area contributed by atoms with E-state index in [1.807, 2.05) is 11.0 Å². The van der Waals surface area contributed by atoms with Crippen molar-refractivity contribution in [3.05, 3.63) is 29.3 Å². The largest absolute Gasteiger partial charge is 0.508 e. The minimum absolute atomic E-state index is 0.0986. The molecule has 3 rings (SSSR count). The van der Waals surface area contributed by atoms with Gasteiger partial charge < -0.3 is 14.7 Å². The van der Waals surface area contributed by atoms with Gasteiger partial charge in [-0.3, -0.25) is 4.79 Å². The predicted octanol–water partition coefficient (Wildman–Crippen LogP) is 1.46. The normalized spacial score (nSPS) is 22.9. The average molecular weight is 247 g/mol. The molecular weight excluding hydrogens is 230 g/mol. The highest BCUT2D eigenvalue weighted by Crippen LogP contribution is 2.25. The summed E-state index contributed by atoms with van der Waals surface area (Å²) in [6.45, 7) is 2.03. The average Bonchev–Trinajstić information content (AvgIpc) is 2.90. The third kappa shape index (κ3) is 2.08. The topological polar surface area (TPSA) is 49.8 Å². The quantitative estimate of drug-likeness (QED) is 0.817. The molecule has 1 atom stereocenters. The summed E-state index contributed by atoms with van der Waals surface area (Å²) < 4.78 is 5.44. The van der Waals surface area contributed by atoms with E-state index in [-0.39, 0.29) is 17.8 Å². The molecule has 2 aliphatic heterocycles. The highest BCUT2D eigenvalue weighted by Gasteiger charge is 2.30. The minimum atomic E-state index is -0.246. The van der Waals surface area contributed by atoms with Crippen LogP contribution in [0.3, 0.4) is 0 Å². The number of phenols is 1. The zero-order valence-corrected chi connectivity index (χ0v) is 10.3. The molecule has 0 saturated carbocycles. The molecule has 1 amide bonds. The fourth-order valence-electron chi connectivity index (χ4n) is 2.71. The molecule has 1 unspecified atom stereocenters. The van der Waals surface area contributed by atoms with Crippen molar-refractivity contribution >= 4 is 5.91 Å². The van der Waals surface area contributed by atoms with Crippen LogP contribution in [0.1, 0.15) is 24.0 Å². The Hall–Kier alpha value is -1.55. The van der Waals surface area contributed by atoms with Gasteiger partial charge in [0.05, 0.1) is 0 Å². The van der Waals surface area contributed by atoms with Crippen molar-refractivity contribution in [1.82, 2.24) is 4.90 Å². The van der Waals surface area contributed by atoms with Crippen molar-refractivity contribution in [2.24, 2.45) is 0 Å². The van der Waals surface area contributed by atoms with Gasteiger partial charge in [0.2, 0.25) is 0 Å². The predicted molar refractivity (Wildman–Crippen MR) is 66.2 cm³/mol. The second-order valence-corrected chi connectivity index (χ2v) is 4.96. The summed E-state index contributed by atoms with van der Waals surface area (Å²) in [6, 6.07) is 5.40. The molecule has 4 nitrogen and oxygen atoms in total. The van der Waals surface area contributed by atoms with Gasteiger partial charge in [-0.25, -0.2) is 0 Å². The molecular formula is C14H17NO3. The zero-order chi connectivity index (χ0) is 12.5. The van der Waals surface area contributed by atoms with Gasteiger partial charge >= 0.3 is 0 Å². The van der Waals surface area contributed by atoms with E-state index >= 15 is 0 Å². The van der Waals surface area contributed by atoms with Crippen LogP contribution in [0, 0.1) is 0 Å². The van der Waals surface area contributed by atoms with Crippen molar-refractivity contribution in [3.8, 4) is 5.75 Å². The standard InChI is InChI=1S/C14H17NO3/c16-12-4-3-10-5-6-15(9-11(10)8-12)14(17)13-2-1-7-18-13/h3-4,8,13,16H,1-2,5-7,9H2. The summed E-state index contributed by atoms with van der Waals surface area (Å²) in [7, 11) is 0. The second kappa shape index (κ2) is 4.61. The summed E-state index contributed by atoms with van der Waals surface area (Å²) in [6.07, 6.45) is 2.42. The number of rotatable bonds is 1. The lowest BCUT2D eigenvalue weighted by Crippen LogP contribution is -2.41. The SMILES string of the molecule is O=C(C1CCCO1)N1CCc2ccc(O)cc2C1. The molecule has 1 saturated heterocycles. The molecule has 2 aliphatic rings. The van der Waals surface area contributed by atoms with Gasteiger partial charge in [-0.2, -0.15) is 0 Å². The number of amides is 1. The number of hydrogen-bond donors (Lipinski definition) is 1. The summed E-state index contributed by atoms with van der Waals surface area (Å²) in [5, 5.41) is 9.50. The lowest BCUT2D eigenvalue weighted by atomic mass is 9.99. The highest BCUT2D eigenvalue weighted by molar-refractivity contribution is 5.81. The van der Waals surface area contributed by atoms with Crippen LogP contribution in [0.4, 0.5) is 0 Å². The van der Waals surface area contributed by atoms with Crippen LogP contribution in [0.2, 0.25) is 0 Å². The van der Waals surface area contributed by atoms with Crippen molar-refractivity contribution in [2.75, 3.05) is 13.2 Å². The number of phenolic OH excluding ortho intramolecular Hbond substituents is 1. The first-order valence-corrected chi connectivity index (χ1v) is 6.45. The van der Waals surface area contributed by atoms with Crippen LogP contribution in [0.15, 0.2) is 18.2 Å². The Morgan fingerprint density at radius 1 is 1.39 bits per heavy atom. The number of carbonyl (C=O) groups excluding carboxylic acids is 1. The number of fused-ring (bicyclic) bond motifs is 1. The number of ether oxygens (including phenoxy) is 1. The van der Waals surface area contributed by atoms with Crippen LogP contribution in [0.5, 0.6) is 5.75 Å². The Bertz CT molecular complexity index is 466. The minimum Gasteiger partial charge on any atom is -0.508 e. The Balaban J connectivity index is 1.75. The third-order valence-electron chi connectivity index (χ3n) is 3.72. The maximum atomic E-state index is 12.2. The molecule has 2 heterocycles. The van der Waals surface area contributed by atoms with Crippen LogP contribution in [0.25, 0.3) is 0 Å². The number of aromatic hydroxyl groups is 1. The third-order valence-corrected chi connectivity index (χ3v) is 3.72. The van der Waals surface area contributed by atoms with Crippen molar-refractivity contribution < 1.29 is 14.6 Å². The van der Waals surface area contributed by atoms with Gasteiger partial charge in [0.15, 0.2) is 0 Å². The maximum Gasteiger partial charge on any atom is 0.252 e. The molecule has 0 bridgehead atoms. The first-order chi connectivity index (χ1) is 8.74. The Labute approximate surface area is 106 Å². The van der Waals surface area contributed by atoms with E-state index in [0.717, 1.165) is 31.4 Å². The van der Waals surface area contributed by atoms with E-state index in [9.17, 15) is 9.90 Å². The van der Waals surface area contributed by atoms with E-state index in [2.05, 4.69) is 0 Å². The van der Waals surface area contributed by atoms with Gasteiger partial charge in [-0.05, 0) is 42.5 Å². The molecule has 0 spiro atoms. The molecule has 18 heavy (non-hydrogen) atoms. The monoisotopic (exact) mass is 247 g/mol. The number of hydrogen-bond acceptors (Lipinski definition) is 3. The molecule has 1 aromatic carbocycles. The van der Waals surface area contributed by atoms with Crippen LogP contribution >= 0.6 is 0 Å². The lowest BCUT2D eigenvalue weighted by molar-refractivity contribution is -0.141. The van der Waals surface area contributed by atoms with Gasteiger partial charge in [-0.1, -0.05) is 6.07 Å². The molecule has 0 radical (unpaired) electrons. The Morgan fingerprint density at radius 3 is 3.06 bits per heavy atom. The summed E-state index contributed by atoms with van der Waals surface area (Å²) in [5.74, 6) is 0.363. The fourth-order valence-corrected chi connectivity index (χ4v) is 2.71. The second-order valence-electron chi connectivity index (χ2n) is 4.96. The first-order valence-electron chi connectivity index (χ1n) is 6.45. The van der Waals surface area contributed by atoms with Gasteiger partial charge in [0.25, 0.3) is 5.91 Å². The van der Waals surface area contributed by atoms with Crippen molar-refractivity contribution in [2.45, 2.75) is 31.9 Å². The maximum absolute atomic E-state index is 12.2. The first kappa shape index (κ1) is 11.5. The van der Waals surface area contributed by atoms with Crippen molar-refractivity contribution in [1.29, 1.82) is 0 Å². The van der Waals surface area contributed by atoms with Gasteiger partial charge in [0.1, 0.15) is 11.9 Å². The van der Waals surface area contributed by atoms with Gasteiger partial charge in [-0.15, -0.1) is 0 Å². The molecule has 1 fully saturated rings. The Morgan fingerprint density at radius 2 is 2.28 bits per heavy atom. The Kier molecular flexibility index (Phi) is 2.96. The molecule has 0 aliphatic carbocycles. The van der Waals surface area contributed by atoms with Crippen molar-refractivity contribution in [3.63, 3.8) is 0 Å². The number of benzene rings is 1. The van der Waals surface area contributed by atoms with E-state index in [4.69, 9.17) is 4.74 Å². The van der Waals surface area contributed by atoms with Gasteiger partial charge in [0, 0.05) is 19.7 Å². The van der Waals surface area contributed by atoms with Crippen LogP contribution in [-0.4, -0.2) is 35.2 Å². The van der Waals surface area contributed by atoms with E-state index in [1.165, 1.54) is 5.56 Å². The highest BCUT2D eigenvalue weighted by atomic mass is 16.5. The summed E-state index contributed by atoms with van der Waals surface area (Å²) in [5.41, 5.74) is 2.27. The smallest absolute Gasteiger partial charge is 0.252 e. The van der Waals surface area contributed by atoms with E-state index in [0.29, 0.717) is 13.2 Å². The number of nitrogens with zero attached hydrogens (tertiary/aromatic N) is 1. The molecule has 1 aromatic rings. The molecule has 96 valence electrons. The molecule has 0 aromatic heterocycles. The number of carbonyl (C=O) groups is 1. The molecule has 4 heteroatoms. The molecule has 1 N–H and O–H groups in total. The lowest BCUT2D eigenvalue weighted by Gasteiger charge is -2.30.